The zero-order valence-electron chi connectivity index (χ0n) is 12.8. The van der Waals surface area contributed by atoms with Crippen molar-refractivity contribution >= 4 is 34.4 Å². The summed E-state index contributed by atoms with van der Waals surface area (Å²) in [5.74, 6) is -0.836. The Morgan fingerprint density at radius 3 is 3.04 bits per heavy atom. The quantitative estimate of drug-likeness (QED) is 0.867. The van der Waals surface area contributed by atoms with Crippen LogP contribution in [0.25, 0.3) is 6.08 Å². The summed E-state index contributed by atoms with van der Waals surface area (Å²) < 4.78 is 13.2. The number of nitrogens with one attached hydrogen (secondary N) is 1. The van der Waals surface area contributed by atoms with E-state index in [1.807, 2.05) is 0 Å². The van der Waals surface area contributed by atoms with Gasteiger partial charge in [0.2, 0.25) is 11.8 Å². The SMILES string of the molecule is O=C(Nc1nccs1)C1CCCN1C(=O)/C=C/c1cccc(F)c1. The van der Waals surface area contributed by atoms with Crippen LogP contribution in [-0.4, -0.2) is 34.3 Å². The highest BCUT2D eigenvalue weighted by Crippen LogP contribution is 2.20. The number of aromatic nitrogens is 1. The molecule has 1 atom stereocenters. The maximum atomic E-state index is 13.2. The molecular weight excluding hydrogens is 329 g/mol. The zero-order valence-corrected chi connectivity index (χ0v) is 13.6. The average molecular weight is 345 g/mol. The molecule has 1 aromatic carbocycles. The first-order chi connectivity index (χ1) is 11.6. The van der Waals surface area contributed by atoms with Crippen LogP contribution < -0.4 is 5.32 Å². The summed E-state index contributed by atoms with van der Waals surface area (Å²) in [6.07, 6.45) is 5.94. The molecule has 1 fully saturated rings. The van der Waals surface area contributed by atoms with Gasteiger partial charge >= 0.3 is 0 Å². The molecule has 2 amide bonds. The molecule has 5 nitrogen and oxygen atoms in total. The van der Waals surface area contributed by atoms with Gasteiger partial charge in [-0.2, -0.15) is 0 Å². The van der Waals surface area contributed by atoms with Crippen LogP contribution in [0.15, 0.2) is 41.9 Å². The van der Waals surface area contributed by atoms with Crippen LogP contribution in [0.2, 0.25) is 0 Å². The van der Waals surface area contributed by atoms with Crippen molar-refractivity contribution in [3.8, 4) is 0 Å². The first-order valence-electron chi connectivity index (χ1n) is 7.58. The molecule has 24 heavy (non-hydrogen) atoms. The minimum absolute atomic E-state index is 0.227. The number of likely N-dealkylation sites (tertiary alicyclic amines) is 1. The van der Waals surface area contributed by atoms with E-state index in [2.05, 4.69) is 10.3 Å². The van der Waals surface area contributed by atoms with Gasteiger partial charge in [0, 0.05) is 24.2 Å². The fraction of sp³-hybridized carbons (Fsp3) is 0.235. The van der Waals surface area contributed by atoms with E-state index >= 15 is 0 Å². The second kappa shape index (κ2) is 7.35. The summed E-state index contributed by atoms with van der Waals surface area (Å²) in [5.41, 5.74) is 0.603. The van der Waals surface area contributed by atoms with Crippen LogP contribution in [0.3, 0.4) is 0 Å². The van der Waals surface area contributed by atoms with Gasteiger partial charge < -0.3 is 10.2 Å². The molecule has 0 saturated carbocycles. The smallest absolute Gasteiger partial charge is 0.248 e. The van der Waals surface area contributed by atoms with Crippen molar-refractivity contribution in [2.45, 2.75) is 18.9 Å². The van der Waals surface area contributed by atoms with Gasteiger partial charge in [0.15, 0.2) is 5.13 Å². The van der Waals surface area contributed by atoms with Crippen molar-refractivity contribution in [2.75, 3.05) is 11.9 Å². The molecule has 0 spiro atoms. The Morgan fingerprint density at radius 1 is 1.42 bits per heavy atom. The number of hydrogen-bond acceptors (Lipinski definition) is 4. The number of anilines is 1. The van der Waals surface area contributed by atoms with Crippen LogP contribution in [0, 0.1) is 5.82 Å². The lowest BCUT2D eigenvalue weighted by atomic mass is 10.2. The molecule has 124 valence electrons. The third-order valence-electron chi connectivity index (χ3n) is 3.77. The second-order valence-corrected chi connectivity index (χ2v) is 6.30. The largest absolute Gasteiger partial charge is 0.327 e. The van der Waals surface area contributed by atoms with E-state index in [0.717, 1.165) is 6.42 Å². The van der Waals surface area contributed by atoms with Crippen molar-refractivity contribution in [3.05, 3.63) is 53.3 Å². The number of benzene rings is 1. The molecule has 0 aliphatic carbocycles. The third kappa shape index (κ3) is 3.86. The maximum absolute atomic E-state index is 13.2. The third-order valence-corrected chi connectivity index (χ3v) is 4.46. The van der Waals surface area contributed by atoms with Gasteiger partial charge in [-0.25, -0.2) is 9.37 Å². The number of nitrogens with zero attached hydrogens (tertiary/aromatic N) is 2. The Bertz CT molecular complexity index is 761. The van der Waals surface area contributed by atoms with E-state index in [1.165, 1.54) is 29.5 Å². The summed E-state index contributed by atoms with van der Waals surface area (Å²) in [4.78, 5) is 30.3. The lowest BCUT2D eigenvalue weighted by molar-refractivity contribution is -0.132. The fourth-order valence-electron chi connectivity index (χ4n) is 2.65. The topological polar surface area (TPSA) is 62.3 Å². The van der Waals surface area contributed by atoms with Gasteiger partial charge in [0.1, 0.15) is 11.9 Å². The molecule has 1 unspecified atom stereocenters. The van der Waals surface area contributed by atoms with Gasteiger partial charge in [-0.05, 0) is 36.6 Å². The van der Waals surface area contributed by atoms with E-state index in [0.29, 0.717) is 23.7 Å². The monoisotopic (exact) mass is 345 g/mol. The number of carbonyl (C=O) groups is 2. The second-order valence-electron chi connectivity index (χ2n) is 5.40. The van der Waals surface area contributed by atoms with E-state index in [4.69, 9.17) is 0 Å². The molecule has 1 aliphatic heterocycles. The number of amides is 2. The fourth-order valence-corrected chi connectivity index (χ4v) is 3.18. The molecular formula is C17H16FN3O2S. The molecule has 0 radical (unpaired) electrons. The Balaban J connectivity index is 1.66. The number of rotatable bonds is 4. The highest BCUT2D eigenvalue weighted by Gasteiger charge is 2.33. The number of carbonyl (C=O) groups excluding carboxylic acids is 2. The Kier molecular flexibility index (Phi) is 5.00. The molecule has 1 aromatic heterocycles. The van der Waals surface area contributed by atoms with Gasteiger partial charge in [-0.15, -0.1) is 11.3 Å². The van der Waals surface area contributed by atoms with E-state index < -0.39 is 6.04 Å². The summed E-state index contributed by atoms with van der Waals surface area (Å²) in [5, 5.41) is 5.03. The summed E-state index contributed by atoms with van der Waals surface area (Å²) >= 11 is 1.33. The maximum Gasteiger partial charge on any atom is 0.248 e. The minimum Gasteiger partial charge on any atom is -0.327 e. The summed E-state index contributed by atoms with van der Waals surface area (Å²) in [6.45, 7) is 0.530. The van der Waals surface area contributed by atoms with Crippen molar-refractivity contribution in [2.24, 2.45) is 0 Å². The normalized spacial score (nSPS) is 17.4. The molecule has 2 aromatic rings. The zero-order chi connectivity index (χ0) is 16.9. The molecule has 1 N–H and O–H groups in total. The van der Waals surface area contributed by atoms with Crippen molar-refractivity contribution in [3.63, 3.8) is 0 Å². The lowest BCUT2D eigenvalue weighted by Gasteiger charge is -2.22. The van der Waals surface area contributed by atoms with E-state index in [9.17, 15) is 14.0 Å². The predicted molar refractivity (Wildman–Crippen MR) is 90.9 cm³/mol. The average Bonchev–Trinajstić information content (AvgIpc) is 3.24. The van der Waals surface area contributed by atoms with Crippen LogP contribution in [0.5, 0.6) is 0 Å². The molecule has 7 heteroatoms. The van der Waals surface area contributed by atoms with Crippen molar-refractivity contribution in [1.29, 1.82) is 0 Å². The van der Waals surface area contributed by atoms with Gasteiger partial charge in [-0.3, -0.25) is 9.59 Å². The lowest BCUT2D eigenvalue weighted by Crippen LogP contribution is -2.42. The molecule has 1 aliphatic rings. The summed E-state index contributed by atoms with van der Waals surface area (Å²) in [6, 6.07) is 5.49. The van der Waals surface area contributed by atoms with Crippen LogP contribution in [0.1, 0.15) is 18.4 Å². The number of thiazole rings is 1. The Labute approximate surface area is 142 Å². The van der Waals surface area contributed by atoms with Gasteiger partial charge in [-0.1, -0.05) is 12.1 Å². The van der Waals surface area contributed by atoms with Gasteiger partial charge in [0.25, 0.3) is 0 Å². The highest BCUT2D eigenvalue weighted by atomic mass is 32.1. The number of halogens is 1. The van der Waals surface area contributed by atoms with Gasteiger partial charge in [0.05, 0.1) is 0 Å². The Morgan fingerprint density at radius 2 is 2.29 bits per heavy atom. The highest BCUT2D eigenvalue weighted by molar-refractivity contribution is 7.13. The number of hydrogen-bond donors (Lipinski definition) is 1. The summed E-state index contributed by atoms with van der Waals surface area (Å²) in [7, 11) is 0. The van der Waals surface area contributed by atoms with Crippen LogP contribution in [0.4, 0.5) is 9.52 Å². The first kappa shape index (κ1) is 16.3. The molecule has 3 rings (SSSR count). The van der Waals surface area contributed by atoms with Crippen molar-refractivity contribution in [1.82, 2.24) is 9.88 Å². The minimum atomic E-state index is -0.501. The van der Waals surface area contributed by atoms with Crippen LogP contribution >= 0.6 is 11.3 Å². The van der Waals surface area contributed by atoms with Crippen molar-refractivity contribution < 1.29 is 14.0 Å². The molecule has 1 saturated heterocycles. The van der Waals surface area contributed by atoms with E-state index in [-0.39, 0.29) is 17.6 Å². The Hall–Kier alpha value is -2.54. The van der Waals surface area contributed by atoms with Crippen LogP contribution in [-0.2, 0) is 9.59 Å². The first-order valence-corrected chi connectivity index (χ1v) is 8.46. The molecule has 0 bridgehead atoms. The molecule has 2 heterocycles. The standard InChI is InChI=1S/C17H16FN3O2S/c18-13-4-1-3-12(11-13)6-7-15(22)21-9-2-5-14(21)16(23)20-17-19-8-10-24-17/h1,3-4,6-8,10-11,14H,2,5,9H2,(H,19,20,23)/b7-6+. The van der Waals surface area contributed by atoms with E-state index in [1.54, 1.807) is 34.7 Å². The predicted octanol–water partition coefficient (Wildman–Crippen LogP) is 2.93.